The molecule has 0 aliphatic heterocycles. The Kier molecular flexibility index (Phi) is 6.28. The number of rotatable bonds is 5. The number of hydrazine groups is 1. The number of benzene rings is 1. The molecule has 0 unspecified atom stereocenters. The van der Waals surface area contributed by atoms with Crippen molar-refractivity contribution in [3.05, 3.63) is 51.2 Å². The Morgan fingerprint density at radius 2 is 1.85 bits per heavy atom. The van der Waals surface area contributed by atoms with Gasteiger partial charge in [-0.05, 0) is 61.4 Å². The molecule has 1 aromatic carbocycles. The number of carbonyl (C=O) groups is 2. The summed E-state index contributed by atoms with van der Waals surface area (Å²) in [7, 11) is 1.62. The summed E-state index contributed by atoms with van der Waals surface area (Å²) in [5.41, 5.74) is 7.39. The fourth-order valence-corrected chi connectivity index (χ4v) is 4.23. The largest absolute Gasteiger partial charge is 0.497 e. The van der Waals surface area contributed by atoms with Crippen LogP contribution in [0.4, 0.5) is 0 Å². The minimum atomic E-state index is -0.235. The average molecular weight is 372 g/mol. The van der Waals surface area contributed by atoms with Crippen molar-refractivity contribution < 1.29 is 14.3 Å². The summed E-state index contributed by atoms with van der Waals surface area (Å²) in [6.45, 7) is 0. The van der Waals surface area contributed by atoms with Crippen molar-refractivity contribution in [3.8, 4) is 5.75 Å². The highest BCUT2D eigenvalue weighted by Crippen LogP contribution is 2.28. The van der Waals surface area contributed by atoms with Crippen LogP contribution in [0.3, 0.4) is 0 Å². The van der Waals surface area contributed by atoms with E-state index in [9.17, 15) is 9.59 Å². The number of aryl methyl sites for hydroxylation is 3. The second-order valence-electron chi connectivity index (χ2n) is 6.47. The number of thiophene rings is 1. The number of amides is 2. The molecule has 1 aromatic heterocycles. The van der Waals surface area contributed by atoms with E-state index >= 15 is 0 Å². The molecule has 0 atom stereocenters. The van der Waals surface area contributed by atoms with Gasteiger partial charge in [-0.3, -0.25) is 20.4 Å². The Balaban J connectivity index is 1.45. The molecule has 2 N–H and O–H groups in total. The van der Waals surface area contributed by atoms with Crippen LogP contribution >= 0.6 is 11.3 Å². The Morgan fingerprint density at radius 3 is 2.62 bits per heavy atom. The maximum absolute atomic E-state index is 12.3. The number of carbonyl (C=O) groups excluding carboxylic acids is 2. The van der Waals surface area contributed by atoms with Crippen molar-refractivity contribution >= 4 is 23.2 Å². The first-order chi connectivity index (χ1) is 12.7. The van der Waals surface area contributed by atoms with Gasteiger partial charge in [-0.1, -0.05) is 18.6 Å². The maximum Gasteiger partial charge on any atom is 0.279 e. The van der Waals surface area contributed by atoms with Gasteiger partial charge in [-0.25, -0.2) is 0 Å². The number of hydrogen-bond donors (Lipinski definition) is 2. The van der Waals surface area contributed by atoms with Crippen LogP contribution < -0.4 is 15.6 Å². The van der Waals surface area contributed by atoms with E-state index in [1.54, 1.807) is 18.4 Å². The summed E-state index contributed by atoms with van der Waals surface area (Å²) in [6.07, 6.45) is 6.66. The second kappa shape index (κ2) is 8.85. The zero-order chi connectivity index (χ0) is 18.4. The van der Waals surface area contributed by atoms with E-state index in [0.717, 1.165) is 24.2 Å². The summed E-state index contributed by atoms with van der Waals surface area (Å²) in [5.74, 6) is 0.355. The van der Waals surface area contributed by atoms with E-state index < -0.39 is 0 Å². The van der Waals surface area contributed by atoms with Crippen LogP contribution in [-0.2, 0) is 24.1 Å². The monoisotopic (exact) mass is 372 g/mol. The van der Waals surface area contributed by atoms with Crippen LogP contribution in [-0.4, -0.2) is 18.9 Å². The van der Waals surface area contributed by atoms with Crippen molar-refractivity contribution in [3.63, 3.8) is 0 Å². The van der Waals surface area contributed by atoms with Crippen molar-refractivity contribution in [1.82, 2.24) is 10.9 Å². The molecule has 2 amide bonds. The van der Waals surface area contributed by atoms with Gasteiger partial charge in [0.15, 0.2) is 0 Å². The third-order valence-corrected chi connectivity index (χ3v) is 5.82. The normalized spacial score (nSPS) is 13.4. The van der Waals surface area contributed by atoms with Crippen LogP contribution in [0, 0.1) is 0 Å². The van der Waals surface area contributed by atoms with Gasteiger partial charge in [-0.2, -0.15) is 0 Å². The topological polar surface area (TPSA) is 67.4 Å². The van der Waals surface area contributed by atoms with Crippen LogP contribution in [0.2, 0.25) is 0 Å². The highest BCUT2D eigenvalue weighted by atomic mass is 32.1. The minimum Gasteiger partial charge on any atom is -0.497 e. The maximum atomic E-state index is 12.3. The van der Waals surface area contributed by atoms with Gasteiger partial charge in [0.1, 0.15) is 5.75 Å². The molecule has 1 heterocycles. The van der Waals surface area contributed by atoms with Crippen molar-refractivity contribution in [1.29, 1.82) is 0 Å². The molecular weight excluding hydrogens is 348 g/mol. The Bertz CT molecular complexity index is 744. The number of hydrogen-bond acceptors (Lipinski definition) is 4. The predicted molar refractivity (Wildman–Crippen MR) is 103 cm³/mol. The first-order valence-corrected chi connectivity index (χ1v) is 9.81. The third kappa shape index (κ3) is 4.85. The lowest BCUT2D eigenvalue weighted by molar-refractivity contribution is -0.121. The molecule has 1 aliphatic rings. The van der Waals surface area contributed by atoms with Gasteiger partial charge in [0.05, 0.1) is 12.0 Å². The van der Waals surface area contributed by atoms with Gasteiger partial charge in [-0.15, -0.1) is 11.3 Å². The molecule has 138 valence electrons. The third-order valence-electron chi connectivity index (χ3n) is 4.59. The summed E-state index contributed by atoms with van der Waals surface area (Å²) >= 11 is 1.55. The predicted octanol–water partition coefficient (Wildman–Crippen LogP) is 3.42. The molecule has 0 fully saturated rings. The van der Waals surface area contributed by atoms with E-state index in [-0.39, 0.29) is 11.8 Å². The molecule has 1 aliphatic carbocycles. The Morgan fingerprint density at radius 1 is 1.08 bits per heavy atom. The molecule has 2 aromatic rings. The fourth-order valence-electron chi connectivity index (χ4n) is 3.08. The molecular formula is C20H24N2O3S. The zero-order valence-electron chi connectivity index (χ0n) is 15.0. The number of methoxy groups -OCH3 is 1. The zero-order valence-corrected chi connectivity index (χ0v) is 15.8. The fraction of sp³-hybridized carbons (Fsp3) is 0.400. The Labute approximate surface area is 157 Å². The Hall–Kier alpha value is -2.34. The van der Waals surface area contributed by atoms with Crippen LogP contribution in [0.1, 0.15) is 51.4 Å². The van der Waals surface area contributed by atoms with Crippen molar-refractivity contribution in [2.24, 2.45) is 0 Å². The molecule has 6 heteroatoms. The van der Waals surface area contributed by atoms with E-state index in [0.29, 0.717) is 17.7 Å². The molecule has 3 rings (SSSR count). The number of nitrogens with one attached hydrogen (secondary N) is 2. The van der Waals surface area contributed by atoms with Crippen molar-refractivity contribution in [2.45, 2.75) is 44.9 Å². The van der Waals surface area contributed by atoms with Crippen LogP contribution in [0.5, 0.6) is 5.75 Å². The summed E-state index contributed by atoms with van der Waals surface area (Å²) < 4.78 is 5.11. The number of ether oxygens (including phenoxy) is 1. The van der Waals surface area contributed by atoms with E-state index in [2.05, 4.69) is 10.9 Å². The summed E-state index contributed by atoms with van der Waals surface area (Å²) in [5, 5.41) is 0. The average Bonchev–Trinajstić information content (AvgIpc) is 2.95. The SMILES string of the molecule is COc1ccc(CCC(=O)NNC(=O)c2cc3c(s2)CCCCC3)cc1. The van der Waals surface area contributed by atoms with E-state index in [1.807, 2.05) is 30.3 Å². The lowest BCUT2D eigenvalue weighted by Crippen LogP contribution is -2.41. The van der Waals surface area contributed by atoms with Gasteiger partial charge in [0.2, 0.25) is 5.91 Å². The first-order valence-electron chi connectivity index (χ1n) is 8.99. The van der Waals surface area contributed by atoms with Crippen LogP contribution in [0.15, 0.2) is 30.3 Å². The lowest BCUT2D eigenvalue weighted by Gasteiger charge is -2.07. The van der Waals surface area contributed by atoms with E-state index in [1.165, 1.54) is 29.7 Å². The van der Waals surface area contributed by atoms with Gasteiger partial charge < -0.3 is 4.74 Å². The quantitative estimate of drug-likeness (QED) is 0.624. The van der Waals surface area contributed by atoms with Crippen molar-refractivity contribution in [2.75, 3.05) is 7.11 Å². The number of fused-ring (bicyclic) bond motifs is 1. The van der Waals surface area contributed by atoms with Gasteiger partial charge in [0, 0.05) is 11.3 Å². The second-order valence-corrected chi connectivity index (χ2v) is 7.61. The molecule has 0 radical (unpaired) electrons. The molecule has 5 nitrogen and oxygen atoms in total. The highest BCUT2D eigenvalue weighted by molar-refractivity contribution is 7.14. The molecule has 0 saturated carbocycles. The van der Waals surface area contributed by atoms with Gasteiger partial charge in [0.25, 0.3) is 5.91 Å². The van der Waals surface area contributed by atoms with E-state index in [4.69, 9.17) is 4.74 Å². The molecule has 0 saturated heterocycles. The van der Waals surface area contributed by atoms with Gasteiger partial charge >= 0.3 is 0 Å². The minimum absolute atomic E-state index is 0.202. The summed E-state index contributed by atoms with van der Waals surface area (Å²) in [6, 6.07) is 9.59. The first kappa shape index (κ1) is 18.5. The molecule has 0 spiro atoms. The smallest absolute Gasteiger partial charge is 0.279 e. The standard InChI is InChI=1S/C20H24N2O3S/c1-25-16-10-7-14(8-11-16)9-12-19(23)21-22-20(24)18-13-15-5-3-2-4-6-17(15)26-18/h7-8,10-11,13H,2-6,9,12H2,1H3,(H,21,23)(H,22,24). The summed E-state index contributed by atoms with van der Waals surface area (Å²) in [4.78, 5) is 26.2. The molecule has 0 bridgehead atoms. The lowest BCUT2D eigenvalue weighted by atomic mass is 10.1. The van der Waals surface area contributed by atoms with Crippen LogP contribution in [0.25, 0.3) is 0 Å². The highest BCUT2D eigenvalue weighted by Gasteiger charge is 2.16. The molecule has 26 heavy (non-hydrogen) atoms.